The van der Waals surface area contributed by atoms with E-state index in [4.69, 9.17) is 4.98 Å². The molecule has 0 saturated carbocycles. The SMILES string of the molecule is Cc1nc(-n2cnc3ccccc32)c2c3c(sc2n1)CCC3. The van der Waals surface area contributed by atoms with Crippen molar-refractivity contribution >= 4 is 32.6 Å². The Bertz CT molecular complexity index is 1030. The van der Waals surface area contributed by atoms with Gasteiger partial charge < -0.3 is 0 Å². The van der Waals surface area contributed by atoms with E-state index >= 15 is 0 Å². The van der Waals surface area contributed by atoms with E-state index in [0.717, 1.165) is 33.9 Å². The van der Waals surface area contributed by atoms with Gasteiger partial charge in [0.05, 0.1) is 16.4 Å². The van der Waals surface area contributed by atoms with Gasteiger partial charge in [-0.2, -0.15) is 0 Å². The van der Waals surface area contributed by atoms with Crippen molar-refractivity contribution in [2.24, 2.45) is 0 Å². The highest BCUT2D eigenvalue weighted by molar-refractivity contribution is 7.19. The molecule has 0 saturated heterocycles. The summed E-state index contributed by atoms with van der Waals surface area (Å²) in [5.41, 5.74) is 3.55. The first kappa shape index (κ1) is 12.3. The topological polar surface area (TPSA) is 43.6 Å². The Hall–Kier alpha value is -2.27. The highest BCUT2D eigenvalue weighted by atomic mass is 32.1. The minimum absolute atomic E-state index is 0.820. The minimum Gasteiger partial charge on any atom is -0.282 e. The average molecular weight is 306 g/mol. The van der Waals surface area contributed by atoms with Gasteiger partial charge in [-0.15, -0.1) is 11.3 Å². The van der Waals surface area contributed by atoms with Crippen LogP contribution in [-0.2, 0) is 12.8 Å². The Morgan fingerprint density at radius 1 is 1.14 bits per heavy atom. The summed E-state index contributed by atoms with van der Waals surface area (Å²) in [4.78, 5) is 16.5. The molecule has 0 spiro atoms. The molecule has 0 aliphatic heterocycles. The maximum Gasteiger partial charge on any atom is 0.151 e. The molecule has 0 amide bonds. The number of para-hydroxylation sites is 2. The van der Waals surface area contributed by atoms with Gasteiger partial charge in [0.25, 0.3) is 0 Å². The van der Waals surface area contributed by atoms with Gasteiger partial charge in [-0.1, -0.05) is 12.1 Å². The zero-order valence-corrected chi connectivity index (χ0v) is 13.0. The molecule has 0 fully saturated rings. The van der Waals surface area contributed by atoms with E-state index in [0.29, 0.717) is 0 Å². The van der Waals surface area contributed by atoms with Gasteiger partial charge >= 0.3 is 0 Å². The van der Waals surface area contributed by atoms with Gasteiger partial charge in [-0.3, -0.25) is 4.57 Å². The molecule has 0 bridgehead atoms. The molecule has 3 heterocycles. The fourth-order valence-corrected chi connectivity index (χ4v) is 4.68. The van der Waals surface area contributed by atoms with Crippen LogP contribution >= 0.6 is 11.3 Å². The van der Waals surface area contributed by atoms with Crippen molar-refractivity contribution in [1.29, 1.82) is 0 Å². The van der Waals surface area contributed by atoms with Gasteiger partial charge in [0, 0.05) is 4.88 Å². The van der Waals surface area contributed by atoms with E-state index in [1.165, 1.54) is 28.7 Å². The van der Waals surface area contributed by atoms with E-state index in [1.54, 1.807) is 0 Å². The lowest BCUT2D eigenvalue weighted by atomic mass is 10.2. The molecule has 1 aromatic carbocycles. The van der Waals surface area contributed by atoms with Crippen molar-refractivity contribution in [2.75, 3.05) is 0 Å². The molecule has 3 aromatic heterocycles. The number of aromatic nitrogens is 4. The number of benzene rings is 1. The number of nitrogens with zero attached hydrogens (tertiary/aromatic N) is 4. The number of rotatable bonds is 1. The predicted octanol–water partition coefficient (Wildman–Crippen LogP) is 3.83. The fraction of sp³-hybridized carbons (Fsp3) is 0.235. The van der Waals surface area contributed by atoms with E-state index in [2.05, 4.69) is 20.6 Å². The molecule has 108 valence electrons. The lowest BCUT2D eigenvalue weighted by Gasteiger charge is -2.07. The lowest BCUT2D eigenvalue weighted by molar-refractivity contribution is 0.914. The summed E-state index contributed by atoms with van der Waals surface area (Å²) in [6.45, 7) is 1.97. The Morgan fingerprint density at radius 3 is 3.00 bits per heavy atom. The molecular formula is C17H14N4S. The van der Waals surface area contributed by atoms with E-state index in [-0.39, 0.29) is 0 Å². The van der Waals surface area contributed by atoms with Crippen LogP contribution in [0.1, 0.15) is 22.7 Å². The van der Waals surface area contributed by atoms with Crippen molar-refractivity contribution in [2.45, 2.75) is 26.2 Å². The monoisotopic (exact) mass is 306 g/mol. The Balaban J connectivity index is 1.91. The summed E-state index contributed by atoms with van der Waals surface area (Å²) in [7, 11) is 0. The van der Waals surface area contributed by atoms with Gasteiger partial charge in [-0.25, -0.2) is 15.0 Å². The van der Waals surface area contributed by atoms with Crippen molar-refractivity contribution in [3.8, 4) is 5.82 Å². The summed E-state index contributed by atoms with van der Waals surface area (Å²) in [5.74, 6) is 1.80. The van der Waals surface area contributed by atoms with Crippen LogP contribution in [0, 0.1) is 6.92 Å². The number of imidazole rings is 1. The second kappa shape index (κ2) is 4.36. The third-order valence-corrected chi connectivity index (χ3v) is 5.52. The zero-order chi connectivity index (χ0) is 14.7. The molecule has 1 aliphatic rings. The van der Waals surface area contributed by atoms with Crippen molar-refractivity contribution in [3.05, 3.63) is 46.9 Å². The number of fused-ring (bicyclic) bond motifs is 4. The van der Waals surface area contributed by atoms with Gasteiger partial charge in [0.1, 0.15) is 17.0 Å². The maximum atomic E-state index is 4.76. The molecule has 0 atom stereocenters. The van der Waals surface area contributed by atoms with Crippen LogP contribution in [0.4, 0.5) is 0 Å². The average Bonchev–Trinajstić information content (AvgIpc) is 3.19. The van der Waals surface area contributed by atoms with Crippen LogP contribution in [0.25, 0.3) is 27.1 Å². The molecule has 0 unspecified atom stereocenters. The first-order valence-electron chi connectivity index (χ1n) is 7.52. The zero-order valence-electron chi connectivity index (χ0n) is 12.2. The molecule has 1 aliphatic carbocycles. The van der Waals surface area contributed by atoms with Crippen LogP contribution in [0.15, 0.2) is 30.6 Å². The quantitative estimate of drug-likeness (QED) is 0.537. The molecule has 4 nitrogen and oxygen atoms in total. The largest absolute Gasteiger partial charge is 0.282 e. The highest BCUT2D eigenvalue weighted by Gasteiger charge is 2.23. The van der Waals surface area contributed by atoms with E-state index in [9.17, 15) is 0 Å². The minimum atomic E-state index is 0.820. The second-order valence-electron chi connectivity index (χ2n) is 5.74. The Kier molecular flexibility index (Phi) is 2.44. The van der Waals surface area contributed by atoms with E-state index in [1.807, 2.05) is 42.8 Å². The Morgan fingerprint density at radius 2 is 2.05 bits per heavy atom. The number of hydrogen-bond acceptors (Lipinski definition) is 4. The van der Waals surface area contributed by atoms with Crippen molar-refractivity contribution in [1.82, 2.24) is 19.5 Å². The normalized spacial score (nSPS) is 14.0. The number of hydrogen-bond donors (Lipinski definition) is 0. The molecule has 22 heavy (non-hydrogen) atoms. The van der Waals surface area contributed by atoms with Crippen LogP contribution < -0.4 is 0 Å². The third-order valence-electron chi connectivity index (χ3n) is 4.34. The maximum absolute atomic E-state index is 4.76. The summed E-state index contributed by atoms with van der Waals surface area (Å²) in [6, 6.07) is 8.19. The predicted molar refractivity (Wildman–Crippen MR) is 88.8 cm³/mol. The van der Waals surface area contributed by atoms with Crippen LogP contribution in [0.2, 0.25) is 0 Å². The summed E-state index contributed by atoms with van der Waals surface area (Å²) < 4.78 is 2.11. The molecule has 0 N–H and O–H groups in total. The van der Waals surface area contributed by atoms with Crippen molar-refractivity contribution in [3.63, 3.8) is 0 Å². The van der Waals surface area contributed by atoms with Crippen molar-refractivity contribution < 1.29 is 0 Å². The number of aryl methyl sites for hydroxylation is 3. The summed E-state index contributed by atoms with van der Waals surface area (Å²) in [5, 5.41) is 1.23. The summed E-state index contributed by atoms with van der Waals surface area (Å²) in [6.07, 6.45) is 5.45. The molecule has 5 rings (SSSR count). The second-order valence-corrected chi connectivity index (χ2v) is 6.82. The first-order valence-corrected chi connectivity index (χ1v) is 8.34. The molecular weight excluding hydrogens is 292 g/mol. The van der Waals surface area contributed by atoms with E-state index < -0.39 is 0 Å². The summed E-state index contributed by atoms with van der Waals surface area (Å²) >= 11 is 1.83. The standard InChI is InChI=1S/C17H14N4S/c1-10-19-16(21-9-18-12-6-2-3-7-13(12)21)15-11-5-4-8-14(11)22-17(15)20-10/h2-3,6-7,9H,4-5,8H2,1H3. The third kappa shape index (κ3) is 1.60. The Labute approximate surface area is 131 Å². The lowest BCUT2D eigenvalue weighted by Crippen LogP contribution is -2.01. The smallest absolute Gasteiger partial charge is 0.151 e. The van der Waals surface area contributed by atoms with Crippen LogP contribution in [-0.4, -0.2) is 19.5 Å². The van der Waals surface area contributed by atoms with Gasteiger partial charge in [0.2, 0.25) is 0 Å². The first-order chi connectivity index (χ1) is 10.8. The molecule has 5 heteroatoms. The van der Waals surface area contributed by atoms with Gasteiger partial charge in [0.15, 0.2) is 5.82 Å². The van der Waals surface area contributed by atoms with Crippen LogP contribution in [0.3, 0.4) is 0 Å². The number of thiophene rings is 1. The van der Waals surface area contributed by atoms with Crippen LogP contribution in [0.5, 0.6) is 0 Å². The molecule has 0 radical (unpaired) electrons. The fourth-order valence-electron chi connectivity index (χ4n) is 3.38. The molecule has 4 aromatic rings. The highest BCUT2D eigenvalue weighted by Crippen LogP contribution is 2.39. The van der Waals surface area contributed by atoms with Gasteiger partial charge in [-0.05, 0) is 43.9 Å².